The van der Waals surface area contributed by atoms with Crippen molar-refractivity contribution in [2.75, 3.05) is 24.2 Å². The Morgan fingerprint density at radius 3 is 2.48 bits per heavy atom. The first-order valence-corrected chi connectivity index (χ1v) is 8.61. The van der Waals surface area contributed by atoms with Gasteiger partial charge in [-0.2, -0.15) is 0 Å². The molecular formula is C15H19N3O2S. The number of benzene rings is 1. The number of nitrogens with two attached hydrogens (primary N) is 1. The molecule has 0 aliphatic heterocycles. The molecular weight excluding hydrogens is 286 g/mol. The number of pyridine rings is 1. The summed E-state index contributed by atoms with van der Waals surface area (Å²) in [5.74, 6) is 0.444. The predicted molar refractivity (Wildman–Crippen MR) is 84.5 cm³/mol. The second-order valence-electron chi connectivity index (χ2n) is 4.73. The monoisotopic (exact) mass is 305 g/mol. The number of para-hydroxylation sites is 1. The van der Waals surface area contributed by atoms with Gasteiger partial charge in [0, 0.05) is 24.7 Å². The number of sulfone groups is 1. The molecule has 0 radical (unpaired) electrons. The SMILES string of the molecule is CS(=O)(=O)c1cccnc1N(CCCN)c1ccccc1. The average molecular weight is 305 g/mol. The Hall–Kier alpha value is -1.92. The molecule has 0 amide bonds. The number of hydrogen-bond acceptors (Lipinski definition) is 5. The number of nitrogens with zero attached hydrogens (tertiary/aromatic N) is 2. The third-order valence-corrected chi connectivity index (χ3v) is 4.18. The fourth-order valence-corrected chi connectivity index (χ4v) is 2.91. The smallest absolute Gasteiger partial charge is 0.179 e. The average Bonchev–Trinajstić information content (AvgIpc) is 2.48. The highest BCUT2D eigenvalue weighted by Gasteiger charge is 2.20. The molecule has 2 aromatic rings. The van der Waals surface area contributed by atoms with E-state index in [-0.39, 0.29) is 4.90 Å². The third kappa shape index (κ3) is 3.80. The fourth-order valence-electron chi connectivity index (χ4n) is 2.09. The first kappa shape index (κ1) is 15.5. The summed E-state index contributed by atoms with van der Waals surface area (Å²) < 4.78 is 23.9. The fraction of sp³-hybridized carbons (Fsp3) is 0.267. The lowest BCUT2D eigenvalue weighted by Gasteiger charge is -2.25. The van der Waals surface area contributed by atoms with Gasteiger partial charge in [0.05, 0.1) is 0 Å². The van der Waals surface area contributed by atoms with Gasteiger partial charge >= 0.3 is 0 Å². The van der Waals surface area contributed by atoms with Crippen molar-refractivity contribution >= 4 is 21.3 Å². The molecule has 2 N–H and O–H groups in total. The molecule has 0 aliphatic carbocycles. The molecule has 0 bridgehead atoms. The molecule has 5 nitrogen and oxygen atoms in total. The minimum absolute atomic E-state index is 0.228. The zero-order valence-corrected chi connectivity index (χ0v) is 12.8. The Labute approximate surface area is 125 Å². The lowest BCUT2D eigenvalue weighted by atomic mass is 10.2. The quantitative estimate of drug-likeness (QED) is 0.883. The van der Waals surface area contributed by atoms with Crippen molar-refractivity contribution in [2.24, 2.45) is 5.73 Å². The summed E-state index contributed by atoms with van der Waals surface area (Å²) >= 11 is 0. The van der Waals surface area contributed by atoms with E-state index in [1.165, 1.54) is 6.26 Å². The molecule has 1 aromatic carbocycles. The topological polar surface area (TPSA) is 76.3 Å². The Bertz CT molecular complexity index is 687. The van der Waals surface area contributed by atoms with Crippen LogP contribution < -0.4 is 10.6 Å². The van der Waals surface area contributed by atoms with E-state index in [0.29, 0.717) is 18.9 Å². The highest BCUT2D eigenvalue weighted by atomic mass is 32.2. The van der Waals surface area contributed by atoms with Crippen molar-refractivity contribution in [3.63, 3.8) is 0 Å². The molecule has 1 heterocycles. The Morgan fingerprint density at radius 2 is 1.86 bits per heavy atom. The first-order chi connectivity index (χ1) is 10.0. The van der Waals surface area contributed by atoms with Crippen LogP contribution in [0.15, 0.2) is 53.6 Å². The van der Waals surface area contributed by atoms with Crippen molar-refractivity contribution in [3.8, 4) is 0 Å². The van der Waals surface area contributed by atoms with Crippen LogP contribution in [0.5, 0.6) is 0 Å². The van der Waals surface area contributed by atoms with Crippen molar-refractivity contribution in [3.05, 3.63) is 48.7 Å². The normalized spacial score (nSPS) is 11.3. The molecule has 0 saturated heterocycles. The standard InChI is InChI=1S/C15H19N3O2S/c1-21(19,20)14-9-5-11-17-15(14)18(12-6-10-16)13-7-3-2-4-8-13/h2-5,7-9,11H,6,10,12,16H2,1H3. The van der Waals surface area contributed by atoms with E-state index in [9.17, 15) is 8.42 Å². The predicted octanol–water partition coefficient (Wildman–Crippen LogP) is 1.97. The summed E-state index contributed by atoms with van der Waals surface area (Å²) in [7, 11) is -3.35. The van der Waals surface area contributed by atoms with Crippen LogP contribution in [0.4, 0.5) is 11.5 Å². The molecule has 1 aromatic heterocycles. The highest BCUT2D eigenvalue weighted by Crippen LogP contribution is 2.29. The first-order valence-electron chi connectivity index (χ1n) is 6.72. The van der Waals surface area contributed by atoms with E-state index in [1.807, 2.05) is 35.2 Å². The maximum atomic E-state index is 12.0. The van der Waals surface area contributed by atoms with Gasteiger partial charge in [-0.1, -0.05) is 18.2 Å². The van der Waals surface area contributed by atoms with Crippen LogP contribution in [0.2, 0.25) is 0 Å². The largest absolute Gasteiger partial charge is 0.330 e. The van der Waals surface area contributed by atoms with Gasteiger partial charge in [0.25, 0.3) is 0 Å². The molecule has 0 unspecified atom stereocenters. The lowest BCUT2D eigenvalue weighted by Crippen LogP contribution is -2.23. The van der Waals surface area contributed by atoms with Crippen LogP contribution in [0, 0.1) is 0 Å². The van der Waals surface area contributed by atoms with Crippen LogP contribution in [0.25, 0.3) is 0 Å². The third-order valence-electron chi connectivity index (χ3n) is 3.06. The highest BCUT2D eigenvalue weighted by molar-refractivity contribution is 7.90. The van der Waals surface area contributed by atoms with Crippen molar-refractivity contribution in [1.29, 1.82) is 0 Å². The second-order valence-corrected chi connectivity index (χ2v) is 6.71. The van der Waals surface area contributed by atoms with E-state index >= 15 is 0 Å². The van der Waals surface area contributed by atoms with E-state index in [4.69, 9.17) is 5.73 Å². The van der Waals surface area contributed by atoms with E-state index in [0.717, 1.165) is 12.1 Å². The van der Waals surface area contributed by atoms with Crippen molar-refractivity contribution in [1.82, 2.24) is 4.98 Å². The van der Waals surface area contributed by atoms with Gasteiger partial charge in [0.15, 0.2) is 15.7 Å². The van der Waals surface area contributed by atoms with Gasteiger partial charge in [-0.3, -0.25) is 0 Å². The summed E-state index contributed by atoms with van der Waals surface area (Å²) in [4.78, 5) is 6.40. The van der Waals surface area contributed by atoms with Gasteiger partial charge in [0.2, 0.25) is 0 Å². The number of aromatic nitrogens is 1. The Morgan fingerprint density at radius 1 is 1.14 bits per heavy atom. The summed E-state index contributed by atoms with van der Waals surface area (Å²) in [6.45, 7) is 1.14. The van der Waals surface area contributed by atoms with Crippen LogP contribution in [0.1, 0.15) is 6.42 Å². The molecule has 0 aliphatic rings. The summed E-state index contributed by atoms with van der Waals surface area (Å²) in [5, 5.41) is 0. The van der Waals surface area contributed by atoms with Crippen LogP contribution in [-0.2, 0) is 9.84 Å². The second kappa shape index (κ2) is 6.69. The van der Waals surface area contributed by atoms with Gasteiger partial charge in [-0.05, 0) is 37.2 Å². The minimum atomic E-state index is -3.35. The molecule has 112 valence electrons. The van der Waals surface area contributed by atoms with Crippen molar-refractivity contribution in [2.45, 2.75) is 11.3 Å². The Balaban J connectivity index is 2.52. The van der Waals surface area contributed by atoms with Crippen LogP contribution in [-0.4, -0.2) is 32.7 Å². The van der Waals surface area contributed by atoms with Gasteiger partial charge in [-0.15, -0.1) is 0 Å². The molecule has 0 fully saturated rings. The summed E-state index contributed by atoms with van der Waals surface area (Å²) in [6.07, 6.45) is 3.54. The zero-order chi connectivity index (χ0) is 15.3. The van der Waals surface area contributed by atoms with E-state index in [2.05, 4.69) is 4.98 Å². The maximum absolute atomic E-state index is 12.0. The van der Waals surface area contributed by atoms with E-state index in [1.54, 1.807) is 18.3 Å². The zero-order valence-electron chi connectivity index (χ0n) is 11.9. The molecule has 6 heteroatoms. The van der Waals surface area contributed by atoms with Crippen molar-refractivity contribution < 1.29 is 8.42 Å². The van der Waals surface area contributed by atoms with Gasteiger partial charge < -0.3 is 10.6 Å². The van der Waals surface area contributed by atoms with Gasteiger partial charge in [-0.25, -0.2) is 13.4 Å². The van der Waals surface area contributed by atoms with Crippen LogP contribution >= 0.6 is 0 Å². The summed E-state index contributed by atoms with van der Waals surface area (Å²) in [5.41, 5.74) is 6.49. The number of rotatable bonds is 6. The molecule has 21 heavy (non-hydrogen) atoms. The number of anilines is 2. The number of hydrogen-bond donors (Lipinski definition) is 1. The molecule has 0 saturated carbocycles. The lowest BCUT2D eigenvalue weighted by molar-refractivity contribution is 0.601. The van der Waals surface area contributed by atoms with Crippen LogP contribution in [0.3, 0.4) is 0 Å². The molecule has 0 atom stereocenters. The summed E-state index contributed by atoms with van der Waals surface area (Å²) in [6, 6.07) is 12.8. The van der Waals surface area contributed by atoms with E-state index < -0.39 is 9.84 Å². The molecule has 0 spiro atoms. The molecule has 2 rings (SSSR count). The van der Waals surface area contributed by atoms with Gasteiger partial charge in [0.1, 0.15) is 4.90 Å². The Kier molecular flexibility index (Phi) is 4.93. The maximum Gasteiger partial charge on any atom is 0.179 e. The minimum Gasteiger partial charge on any atom is -0.330 e.